The number of carbonyl (C=O) groups excluding carboxylic acids is 1. The van der Waals surface area contributed by atoms with Crippen molar-refractivity contribution in [3.05, 3.63) is 52.9 Å². The number of sulfone groups is 1. The summed E-state index contributed by atoms with van der Waals surface area (Å²) in [5, 5.41) is 5.23. The van der Waals surface area contributed by atoms with E-state index in [1.807, 2.05) is 0 Å². The Balaban J connectivity index is 1.66. The molecule has 30 heavy (non-hydrogen) atoms. The number of thiazole rings is 1. The Morgan fingerprint density at radius 2 is 1.87 bits per heavy atom. The summed E-state index contributed by atoms with van der Waals surface area (Å²) < 4.78 is 35.3. The highest BCUT2D eigenvalue weighted by Crippen LogP contribution is 2.35. The molecule has 7 nitrogen and oxygen atoms in total. The van der Waals surface area contributed by atoms with Crippen LogP contribution in [0.15, 0.2) is 52.7 Å². The van der Waals surface area contributed by atoms with E-state index in [1.165, 1.54) is 35.6 Å². The quantitative estimate of drug-likeness (QED) is 0.532. The zero-order valence-electron chi connectivity index (χ0n) is 16.2. The normalized spacial score (nSPS) is 11.2. The van der Waals surface area contributed by atoms with Crippen molar-refractivity contribution in [3.8, 4) is 22.8 Å². The van der Waals surface area contributed by atoms with Gasteiger partial charge in [-0.1, -0.05) is 11.6 Å². The molecule has 158 valence electrons. The monoisotopic (exact) mass is 466 g/mol. The van der Waals surface area contributed by atoms with Gasteiger partial charge in [0.2, 0.25) is 5.91 Å². The molecule has 0 fully saturated rings. The maximum Gasteiger partial charge on any atom is 0.227 e. The van der Waals surface area contributed by atoms with Crippen LogP contribution in [-0.4, -0.2) is 39.3 Å². The Labute approximate surface area is 183 Å². The van der Waals surface area contributed by atoms with Gasteiger partial charge in [0.05, 0.1) is 30.6 Å². The van der Waals surface area contributed by atoms with Crippen molar-refractivity contribution in [3.63, 3.8) is 0 Å². The van der Waals surface area contributed by atoms with Gasteiger partial charge in [0.15, 0.2) is 15.0 Å². The van der Waals surface area contributed by atoms with Gasteiger partial charge in [-0.15, -0.1) is 11.3 Å². The van der Waals surface area contributed by atoms with E-state index >= 15 is 0 Å². The lowest BCUT2D eigenvalue weighted by Gasteiger charge is -2.08. The molecule has 0 spiro atoms. The van der Waals surface area contributed by atoms with Crippen LogP contribution in [0.3, 0.4) is 0 Å². The van der Waals surface area contributed by atoms with Crippen LogP contribution in [0, 0.1) is 0 Å². The van der Waals surface area contributed by atoms with Crippen molar-refractivity contribution < 1.29 is 22.7 Å². The fourth-order valence-electron chi connectivity index (χ4n) is 2.64. The van der Waals surface area contributed by atoms with Crippen LogP contribution in [0.4, 0.5) is 5.13 Å². The number of amides is 1. The standard InChI is InChI=1S/C20H19ClN2O5S2/c1-27-14-5-8-18(28-2)16(11-14)17-12-29-20(22-17)23-19(24)9-10-30(25,26)15-6-3-13(21)4-7-15/h3-8,11-12H,9-10H2,1-2H3,(H,22,23,24). The molecule has 1 aromatic heterocycles. The maximum atomic E-state index is 12.4. The predicted molar refractivity (Wildman–Crippen MR) is 117 cm³/mol. The smallest absolute Gasteiger partial charge is 0.227 e. The van der Waals surface area contributed by atoms with E-state index in [9.17, 15) is 13.2 Å². The van der Waals surface area contributed by atoms with Gasteiger partial charge in [-0.2, -0.15) is 0 Å². The lowest BCUT2D eigenvalue weighted by Crippen LogP contribution is -2.17. The minimum atomic E-state index is -3.59. The van der Waals surface area contributed by atoms with E-state index < -0.39 is 15.7 Å². The molecular weight excluding hydrogens is 448 g/mol. The number of nitrogens with one attached hydrogen (secondary N) is 1. The number of rotatable bonds is 8. The molecule has 0 atom stereocenters. The van der Waals surface area contributed by atoms with Crippen LogP contribution < -0.4 is 14.8 Å². The van der Waals surface area contributed by atoms with E-state index in [1.54, 1.807) is 37.8 Å². The summed E-state index contributed by atoms with van der Waals surface area (Å²) in [5.74, 6) is 0.512. The van der Waals surface area contributed by atoms with Gasteiger partial charge in [0, 0.05) is 22.4 Å². The Hall–Kier alpha value is -2.62. The zero-order valence-corrected chi connectivity index (χ0v) is 18.6. The van der Waals surface area contributed by atoms with Crippen molar-refractivity contribution >= 4 is 43.8 Å². The minimum Gasteiger partial charge on any atom is -0.497 e. The summed E-state index contributed by atoms with van der Waals surface area (Å²) in [4.78, 5) is 16.8. The molecule has 0 bridgehead atoms. The van der Waals surface area contributed by atoms with Gasteiger partial charge < -0.3 is 14.8 Å². The van der Waals surface area contributed by atoms with E-state index in [0.29, 0.717) is 27.3 Å². The van der Waals surface area contributed by atoms with Crippen molar-refractivity contribution in [2.24, 2.45) is 0 Å². The van der Waals surface area contributed by atoms with Crippen molar-refractivity contribution in [2.45, 2.75) is 11.3 Å². The average Bonchev–Trinajstić information content (AvgIpc) is 3.20. The molecule has 0 unspecified atom stereocenters. The van der Waals surface area contributed by atoms with Gasteiger partial charge in [0.25, 0.3) is 0 Å². The number of halogens is 1. The van der Waals surface area contributed by atoms with Gasteiger partial charge in [-0.25, -0.2) is 13.4 Å². The largest absolute Gasteiger partial charge is 0.497 e. The molecule has 10 heteroatoms. The van der Waals surface area contributed by atoms with Gasteiger partial charge in [-0.3, -0.25) is 4.79 Å². The van der Waals surface area contributed by atoms with Crippen molar-refractivity contribution in [1.82, 2.24) is 4.98 Å². The molecule has 1 heterocycles. The first-order valence-electron chi connectivity index (χ1n) is 8.78. The Morgan fingerprint density at radius 3 is 2.53 bits per heavy atom. The number of anilines is 1. The van der Waals surface area contributed by atoms with E-state index in [-0.39, 0.29) is 17.1 Å². The Morgan fingerprint density at radius 1 is 1.13 bits per heavy atom. The molecule has 0 radical (unpaired) electrons. The third-order valence-corrected chi connectivity index (χ3v) is 6.95. The predicted octanol–water partition coefficient (Wildman–Crippen LogP) is 4.28. The van der Waals surface area contributed by atoms with Crippen LogP contribution in [0.5, 0.6) is 11.5 Å². The maximum absolute atomic E-state index is 12.4. The van der Waals surface area contributed by atoms with Crippen LogP contribution in [-0.2, 0) is 14.6 Å². The Bertz CT molecular complexity index is 1140. The molecule has 0 saturated heterocycles. The number of ether oxygens (including phenoxy) is 2. The fraction of sp³-hybridized carbons (Fsp3) is 0.200. The molecular formula is C20H19ClN2O5S2. The van der Waals surface area contributed by atoms with Crippen LogP contribution >= 0.6 is 22.9 Å². The molecule has 1 amide bonds. The number of aromatic nitrogens is 1. The minimum absolute atomic E-state index is 0.126. The third kappa shape index (κ3) is 5.29. The highest BCUT2D eigenvalue weighted by atomic mass is 35.5. The average molecular weight is 467 g/mol. The van der Waals surface area contributed by atoms with Crippen LogP contribution in [0.25, 0.3) is 11.3 Å². The zero-order chi connectivity index (χ0) is 21.7. The number of hydrogen-bond acceptors (Lipinski definition) is 7. The van der Waals surface area contributed by atoms with Crippen molar-refractivity contribution in [2.75, 3.05) is 25.3 Å². The number of nitrogens with zero attached hydrogens (tertiary/aromatic N) is 1. The third-order valence-electron chi connectivity index (χ3n) is 4.20. The lowest BCUT2D eigenvalue weighted by atomic mass is 10.1. The summed E-state index contributed by atoms with van der Waals surface area (Å²) in [6.07, 6.45) is -0.192. The Kier molecular flexibility index (Phi) is 6.96. The highest BCUT2D eigenvalue weighted by molar-refractivity contribution is 7.91. The molecule has 3 aromatic rings. The molecule has 1 N–H and O–H groups in total. The number of benzene rings is 2. The highest BCUT2D eigenvalue weighted by Gasteiger charge is 2.18. The van der Waals surface area contributed by atoms with Gasteiger partial charge >= 0.3 is 0 Å². The van der Waals surface area contributed by atoms with Gasteiger partial charge in [0.1, 0.15) is 11.5 Å². The van der Waals surface area contributed by atoms with E-state index in [4.69, 9.17) is 21.1 Å². The van der Waals surface area contributed by atoms with E-state index in [0.717, 1.165) is 5.56 Å². The summed E-state index contributed by atoms with van der Waals surface area (Å²) in [5.41, 5.74) is 1.33. The van der Waals surface area contributed by atoms with Crippen LogP contribution in [0.1, 0.15) is 6.42 Å². The van der Waals surface area contributed by atoms with Crippen molar-refractivity contribution in [1.29, 1.82) is 0 Å². The first kappa shape index (κ1) is 22.1. The first-order valence-corrected chi connectivity index (χ1v) is 11.7. The molecule has 0 aliphatic carbocycles. The second-order valence-electron chi connectivity index (χ2n) is 6.18. The molecule has 3 rings (SSSR count). The molecule has 2 aromatic carbocycles. The number of methoxy groups -OCH3 is 2. The summed E-state index contributed by atoms with van der Waals surface area (Å²) in [6, 6.07) is 11.2. The summed E-state index contributed by atoms with van der Waals surface area (Å²) in [7, 11) is -0.463. The van der Waals surface area contributed by atoms with Gasteiger partial charge in [-0.05, 0) is 42.5 Å². The lowest BCUT2D eigenvalue weighted by molar-refractivity contribution is -0.115. The second-order valence-corrected chi connectivity index (χ2v) is 9.58. The first-order chi connectivity index (χ1) is 14.3. The summed E-state index contributed by atoms with van der Waals surface area (Å²) in [6.45, 7) is 0. The second kappa shape index (κ2) is 9.46. The summed E-state index contributed by atoms with van der Waals surface area (Å²) >= 11 is 7.02. The fourth-order valence-corrected chi connectivity index (χ4v) is 4.73. The SMILES string of the molecule is COc1ccc(OC)c(-c2csc(NC(=O)CCS(=O)(=O)c3ccc(Cl)cc3)n2)c1. The molecule has 0 aliphatic rings. The molecule has 0 aliphatic heterocycles. The van der Waals surface area contributed by atoms with E-state index in [2.05, 4.69) is 10.3 Å². The topological polar surface area (TPSA) is 94.6 Å². The van der Waals surface area contributed by atoms with Crippen LogP contribution in [0.2, 0.25) is 5.02 Å². The number of carbonyl (C=O) groups is 1. The molecule has 0 saturated carbocycles. The number of hydrogen-bond donors (Lipinski definition) is 1.